The van der Waals surface area contributed by atoms with Crippen LogP contribution in [0.15, 0.2) is 0 Å². The highest BCUT2D eigenvalue weighted by molar-refractivity contribution is 5.74. The summed E-state index contributed by atoms with van der Waals surface area (Å²) < 4.78 is 0. The van der Waals surface area contributed by atoms with Gasteiger partial charge in [-0.25, -0.2) is 4.79 Å². The summed E-state index contributed by atoms with van der Waals surface area (Å²) in [6.45, 7) is 6.13. The summed E-state index contributed by atoms with van der Waals surface area (Å²) in [6.07, 6.45) is 3.46. The first-order chi connectivity index (χ1) is 7.24. The molecular weight excluding hydrogens is 190 g/mol. The maximum atomic E-state index is 11.8. The number of carbonyl (C=O) groups is 1. The summed E-state index contributed by atoms with van der Waals surface area (Å²) in [7, 11) is 0. The number of nitrogens with zero attached hydrogens (tertiary/aromatic N) is 1. The quantitative estimate of drug-likeness (QED) is 0.736. The summed E-state index contributed by atoms with van der Waals surface area (Å²) in [5.74, 6) is 0.493. The topological polar surface area (TPSA) is 58.4 Å². The third-order valence-corrected chi connectivity index (χ3v) is 3.25. The predicted octanol–water partition coefficient (Wildman–Crippen LogP) is 1.17. The molecule has 1 fully saturated rings. The Labute approximate surface area is 92.2 Å². The van der Waals surface area contributed by atoms with Gasteiger partial charge < -0.3 is 16.0 Å². The minimum absolute atomic E-state index is 0.0605. The summed E-state index contributed by atoms with van der Waals surface area (Å²) >= 11 is 0. The van der Waals surface area contributed by atoms with E-state index in [0.717, 1.165) is 19.4 Å². The molecule has 2 amide bonds. The molecule has 0 heterocycles. The first kappa shape index (κ1) is 12.3. The van der Waals surface area contributed by atoms with E-state index in [1.807, 2.05) is 18.7 Å². The molecule has 15 heavy (non-hydrogen) atoms. The van der Waals surface area contributed by atoms with Crippen LogP contribution >= 0.6 is 0 Å². The number of hydrogen-bond donors (Lipinski definition) is 2. The first-order valence-electron chi connectivity index (χ1n) is 5.99. The monoisotopic (exact) mass is 213 g/mol. The Morgan fingerprint density at radius 2 is 2.20 bits per heavy atom. The van der Waals surface area contributed by atoms with E-state index >= 15 is 0 Å². The van der Waals surface area contributed by atoms with E-state index in [4.69, 9.17) is 5.73 Å². The van der Waals surface area contributed by atoms with E-state index in [2.05, 4.69) is 5.32 Å². The number of amides is 2. The zero-order chi connectivity index (χ0) is 11.3. The molecule has 0 aromatic carbocycles. The van der Waals surface area contributed by atoms with Crippen molar-refractivity contribution in [3.05, 3.63) is 0 Å². The van der Waals surface area contributed by atoms with Gasteiger partial charge >= 0.3 is 6.03 Å². The molecule has 1 aliphatic rings. The highest BCUT2D eigenvalue weighted by Crippen LogP contribution is 2.29. The predicted molar refractivity (Wildman–Crippen MR) is 61.6 cm³/mol. The molecule has 2 atom stereocenters. The highest BCUT2D eigenvalue weighted by Gasteiger charge is 2.32. The van der Waals surface area contributed by atoms with Gasteiger partial charge in [-0.2, -0.15) is 0 Å². The van der Waals surface area contributed by atoms with Crippen LogP contribution in [-0.4, -0.2) is 36.6 Å². The van der Waals surface area contributed by atoms with Gasteiger partial charge in [0.2, 0.25) is 0 Å². The number of carbonyl (C=O) groups excluding carboxylic acids is 1. The molecule has 4 nitrogen and oxygen atoms in total. The Bertz CT molecular complexity index is 208. The fourth-order valence-electron chi connectivity index (χ4n) is 2.48. The maximum absolute atomic E-state index is 11.8. The third-order valence-electron chi connectivity index (χ3n) is 3.25. The second-order valence-corrected chi connectivity index (χ2v) is 4.12. The smallest absolute Gasteiger partial charge is 0.317 e. The van der Waals surface area contributed by atoms with Crippen LogP contribution in [0.1, 0.15) is 33.1 Å². The van der Waals surface area contributed by atoms with Crippen LogP contribution in [-0.2, 0) is 0 Å². The van der Waals surface area contributed by atoms with Gasteiger partial charge in [0.05, 0.1) is 0 Å². The Balaban J connectivity index is 2.60. The van der Waals surface area contributed by atoms with Gasteiger partial charge in [-0.15, -0.1) is 0 Å². The number of rotatable bonds is 4. The van der Waals surface area contributed by atoms with Gasteiger partial charge in [0.15, 0.2) is 0 Å². The average Bonchev–Trinajstić information content (AvgIpc) is 2.67. The van der Waals surface area contributed by atoms with E-state index in [1.54, 1.807) is 0 Å². The molecule has 0 spiro atoms. The van der Waals surface area contributed by atoms with Crippen molar-refractivity contribution in [1.29, 1.82) is 0 Å². The highest BCUT2D eigenvalue weighted by atomic mass is 16.2. The lowest BCUT2D eigenvalue weighted by Gasteiger charge is -2.31. The van der Waals surface area contributed by atoms with E-state index in [-0.39, 0.29) is 6.03 Å². The minimum Gasteiger partial charge on any atom is -0.338 e. The molecule has 88 valence electrons. The van der Waals surface area contributed by atoms with Gasteiger partial charge in [-0.3, -0.25) is 0 Å². The van der Waals surface area contributed by atoms with Crippen molar-refractivity contribution in [2.45, 2.75) is 39.2 Å². The molecule has 4 heteroatoms. The minimum atomic E-state index is 0.0605. The van der Waals surface area contributed by atoms with E-state index < -0.39 is 0 Å². The molecule has 0 radical (unpaired) electrons. The van der Waals surface area contributed by atoms with Crippen LogP contribution in [0.25, 0.3) is 0 Å². The largest absolute Gasteiger partial charge is 0.338 e. The molecule has 0 aromatic rings. The van der Waals surface area contributed by atoms with Crippen molar-refractivity contribution in [2.24, 2.45) is 11.7 Å². The Morgan fingerprint density at radius 3 is 2.73 bits per heavy atom. The lowest BCUT2D eigenvalue weighted by atomic mass is 10.0. The molecule has 0 aromatic heterocycles. The lowest BCUT2D eigenvalue weighted by Crippen LogP contribution is -2.48. The molecule has 3 N–H and O–H groups in total. The summed E-state index contributed by atoms with van der Waals surface area (Å²) in [5.41, 5.74) is 5.73. The molecule has 1 aliphatic carbocycles. The second-order valence-electron chi connectivity index (χ2n) is 4.12. The first-order valence-corrected chi connectivity index (χ1v) is 5.99. The fraction of sp³-hybridized carbons (Fsp3) is 0.909. The number of hydrogen-bond acceptors (Lipinski definition) is 2. The summed E-state index contributed by atoms with van der Waals surface area (Å²) in [6, 6.07) is 0.414. The second kappa shape index (κ2) is 5.95. The van der Waals surface area contributed by atoms with E-state index in [0.29, 0.717) is 25.0 Å². The standard InChI is InChI=1S/C11H23N3O/c1-3-13-11(15)14(4-2)10-7-5-6-9(10)8-12/h9-10H,3-8,12H2,1-2H3,(H,13,15). The maximum Gasteiger partial charge on any atom is 0.317 e. The van der Waals surface area contributed by atoms with Crippen molar-refractivity contribution in [1.82, 2.24) is 10.2 Å². The van der Waals surface area contributed by atoms with Crippen LogP contribution in [0.5, 0.6) is 0 Å². The molecule has 0 saturated heterocycles. The van der Waals surface area contributed by atoms with Crippen molar-refractivity contribution >= 4 is 6.03 Å². The number of nitrogens with one attached hydrogen (secondary N) is 1. The van der Waals surface area contributed by atoms with Gasteiger partial charge in [0.1, 0.15) is 0 Å². The fourth-order valence-corrected chi connectivity index (χ4v) is 2.48. The van der Waals surface area contributed by atoms with Crippen LogP contribution in [0.2, 0.25) is 0 Å². The zero-order valence-corrected chi connectivity index (χ0v) is 9.83. The van der Waals surface area contributed by atoms with Gasteiger partial charge in [-0.05, 0) is 39.2 Å². The molecule has 1 saturated carbocycles. The van der Waals surface area contributed by atoms with Crippen LogP contribution in [0, 0.1) is 5.92 Å². The molecule has 2 unspecified atom stereocenters. The summed E-state index contributed by atoms with van der Waals surface area (Å²) in [5, 5.41) is 2.86. The lowest BCUT2D eigenvalue weighted by molar-refractivity contribution is 0.163. The molecule has 1 rings (SSSR count). The van der Waals surface area contributed by atoms with Gasteiger partial charge in [-0.1, -0.05) is 6.42 Å². The Morgan fingerprint density at radius 1 is 1.47 bits per heavy atom. The van der Waals surface area contributed by atoms with Crippen molar-refractivity contribution in [3.8, 4) is 0 Å². The van der Waals surface area contributed by atoms with E-state index in [1.165, 1.54) is 6.42 Å². The zero-order valence-electron chi connectivity index (χ0n) is 9.83. The Hall–Kier alpha value is -0.770. The SMILES string of the molecule is CCNC(=O)N(CC)C1CCCC1CN. The van der Waals surface area contributed by atoms with Crippen LogP contribution in [0.3, 0.4) is 0 Å². The average molecular weight is 213 g/mol. The van der Waals surface area contributed by atoms with Crippen molar-refractivity contribution < 1.29 is 4.79 Å². The van der Waals surface area contributed by atoms with Crippen molar-refractivity contribution in [3.63, 3.8) is 0 Å². The third kappa shape index (κ3) is 2.84. The molecule has 0 bridgehead atoms. The summed E-state index contributed by atoms with van der Waals surface area (Å²) in [4.78, 5) is 13.7. The Kier molecular flexibility index (Phi) is 4.88. The van der Waals surface area contributed by atoms with E-state index in [9.17, 15) is 4.79 Å². The van der Waals surface area contributed by atoms with Crippen LogP contribution in [0.4, 0.5) is 4.79 Å². The number of urea groups is 1. The van der Waals surface area contributed by atoms with Gasteiger partial charge in [0, 0.05) is 19.1 Å². The van der Waals surface area contributed by atoms with Crippen molar-refractivity contribution in [2.75, 3.05) is 19.6 Å². The van der Waals surface area contributed by atoms with Gasteiger partial charge in [0.25, 0.3) is 0 Å². The normalized spacial score (nSPS) is 25.3. The molecular formula is C11H23N3O. The van der Waals surface area contributed by atoms with Crippen LogP contribution < -0.4 is 11.1 Å². The number of nitrogens with two attached hydrogens (primary N) is 1. The molecule has 0 aliphatic heterocycles.